The van der Waals surface area contributed by atoms with Gasteiger partial charge in [0.25, 0.3) is 0 Å². The van der Waals surface area contributed by atoms with E-state index in [-0.39, 0.29) is 5.75 Å². The molecule has 2 rings (SSSR count). The third-order valence-corrected chi connectivity index (χ3v) is 3.10. The number of hydrogen-bond acceptors (Lipinski definition) is 3. The maximum absolute atomic E-state index is 12.8. The average Bonchev–Trinajstić information content (AvgIpc) is 2.28. The fraction of sp³-hybridized carbons (Fsp3) is 0.583. The molecule has 3 nitrogen and oxygen atoms in total. The maximum Gasteiger partial charge on any atom is 0.421 e. The van der Waals surface area contributed by atoms with Crippen LogP contribution in [0.3, 0.4) is 0 Å². The number of pyridine rings is 1. The highest BCUT2D eigenvalue weighted by Gasteiger charge is 2.37. The van der Waals surface area contributed by atoms with Gasteiger partial charge in [0.15, 0.2) is 0 Å². The number of aromatic nitrogens is 1. The minimum absolute atomic E-state index is 0.137. The Hall–Kier alpha value is -1.30. The predicted molar refractivity (Wildman–Crippen MR) is 60.4 cm³/mol. The van der Waals surface area contributed by atoms with Gasteiger partial charge in [-0.2, -0.15) is 13.2 Å². The SMILES string of the molecule is CC1(Oc2ccncc2C(F)(F)F)CCNCC1. The molecular weight excluding hydrogens is 245 g/mol. The molecule has 0 spiro atoms. The van der Waals surface area contributed by atoms with Gasteiger partial charge >= 0.3 is 6.18 Å². The van der Waals surface area contributed by atoms with Crippen molar-refractivity contribution in [2.24, 2.45) is 0 Å². The molecule has 0 amide bonds. The molecule has 1 aromatic heterocycles. The summed E-state index contributed by atoms with van der Waals surface area (Å²) in [6.07, 6.45) is -0.944. The molecule has 0 aromatic carbocycles. The summed E-state index contributed by atoms with van der Waals surface area (Å²) >= 11 is 0. The van der Waals surface area contributed by atoms with E-state index in [4.69, 9.17) is 4.74 Å². The molecule has 1 aliphatic heterocycles. The fourth-order valence-corrected chi connectivity index (χ4v) is 2.01. The molecular formula is C12H15F3N2O. The summed E-state index contributed by atoms with van der Waals surface area (Å²) in [6.45, 7) is 3.35. The Morgan fingerprint density at radius 3 is 2.61 bits per heavy atom. The molecule has 100 valence electrons. The Morgan fingerprint density at radius 2 is 2.00 bits per heavy atom. The maximum atomic E-state index is 12.8. The van der Waals surface area contributed by atoms with Gasteiger partial charge in [-0.25, -0.2) is 0 Å². The number of piperidine rings is 1. The molecule has 0 bridgehead atoms. The van der Waals surface area contributed by atoms with Gasteiger partial charge in [0, 0.05) is 12.4 Å². The summed E-state index contributed by atoms with van der Waals surface area (Å²) in [5.74, 6) is -0.137. The minimum atomic E-state index is -4.44. The van der Waals surface area contributed by atoms with E-state index in [0.29, 0.717) is 12.8 Å². The van der Waals surface area contributed by atoms with Crippen molar-refractivity contribution in [1.82, 2.24) is 10.3 Å². The van der Waals surface area contributed by atoms with E-state index in [1.54, 1.807) is 0 Å². The Bertz CT molecular complexity index is 414. The summed E-state index contributed by atoms with van der Waals surface area (Å²) in [4.78, 5) is 3.52. The summed E-state index contributed by atoms with van der Waals surface area (Å²) in [5, 5.41) is 3.16. The van der Waals surface area contributed by atoms with Gasteiger partial charge < -0.3 is 10.1 Å². The lowest BCUT2D eigenvalue weighted by Gasteiger charge is -2.35. The summed E-state index contributed by atoms with van der Waals surface area (Å²) < 4.78 is 44.0. The van der Waals surface area contributed by atoms with Crippen LogP contribution in [0.1, 0.15) is 25.3 Å². The Balaban J connectivity index is 2.23. The predicted octanol–water partition coefficient (Wildman–Crippen LogP) is 2.62. The average molecular weight is 260 g/mol. The van der Waals surface area contributed by atoms with Crippen LogP contribution in [-0.4, -0.2) is 23.7 Å². The smallest absolute Gasteiger partial charge is 0.421 e. The fourth-order valence-electron chi connectivity index (χ4n) is 2.01. The second kappa shape index (κ2) is 4.76. The third kappa shape index (κ3) is 2.93. The zero-order valence-corrected chi connectivity index (χ0v) is 10.0. The van der Waals surface area contributed by atoms with Crippen molar-refractivity contribution in [2.75, 3.05) is 13.1 Å². The van der Waals surface area contributed by atoms with Crippen LogP contribution in [-0.2, 0) is 6.18 Å². The van der Waals surface area contributed by atoms with Gasteiger partial charge in [0.1, 0.15) is 16.9 Å². The zero-order valence-electron chi connectivity index (χ0n) is 10.0. The first-order valence-corrected chi connectivity index (χ1v) is 5.82. The van der Waals surface area contributed by atoms with Crippen LogP contribution in [0.15, 0.2) is 18.5 Å². The molecule has 0 aliphatic carbocycles. The van der Waals surface area contributed by atoms with Gasteiger partial charge in [-0.15, -0.1) is 0 Å². The number of nitrogens with zero attached hydrogens (tertiary/aromatic N) is 1. The lowest BCUT2D eigenvalue weighted by Crippen LogP contribution is -2.44. The Labute approximate surface area is 103 Å². The van der Waals surface area contributed by atoms with Crippen molar-refractivity contribution in [2.45, 2.75) is 31.5 Å². The van der Waals surface area contributed by atoms with Crippen molar-refractivity contribution in [3.63, 3.8) is 0 Å². The molecule has 0 atom stereocenters. The highest BCUT2D eigenvalue weighted by molar-refractivity contribution is 5.33. The van der Waals surface area contributed by atoms with Crippen LogP contribution in [0.2, 0.25) is 0 Å². The molecule has 1 fully saturated rings. The van der Waals surface area contributed by atoms with E-state index < -0.39 is 17.3 Å². The minimum Gasteiger partial charge on any atom is -0.487 e. The normalized spacial score (nSPS) is 19.6. The lowest BCUT2D eigenvalue weighted by molar-refractivity contribution is -0.140. The lowest BCUT2D eigenvalue weighted by atomic mass is 9.94. The summed E-state index contributed by atoms with van der Waals surface area (Å²) in [6, 6.07) is 1.27. The molecule has 1 aliphatic rings. The van der Waals surface area contributed by atoms with E-state index in [0.717, 1.165) is 19.3 Å². The number of rotatable bonds is 2. The van der Waals surface area contributed by atoms with Crippen LogP contribution in [0.4, 0.5) is 13.2 Å². The number of hydrogen-bond donors (Lipinski definition) is 1. The number of halogens is 3. The van der Waals surface area contributed by atoms with E-state index in [1.165, 1.54) is 12.3 Å². The summed E-state index contributed by atoms with van der Waals surface area (Å²) in [5.41, 5.74) is -1.36. The van der Waals surface area contributed by atoms with Crippen molar-refractivity contribution in [3.8, 4) is 5.75 Å². The molecule has 1 N–H and O–H groups in total. The molecule has 1 aromatic rings. The second-order valence-corrected chi connectivity index (χ2v) is 4.67. The largest absolute Gasteiger partial charge is 0.487 e. The van der Waals surface area contributed by atoms with Gasteiger partial charge in [0.2, 0.25) is 0 Å². The number of ether oxygens (including phenoxy) is 1. The Kier molecular flexibility index (Phi) is 3.47. The van der Waals surface area contributed by atoms with Gasteiger partial charge in [-0.05, 0) is 38.9 Å². The molecule has 6 heteroatoms. The quantitative estimate of drug-likeness (QED) is 0.887. The van der Waals surface area contributed by atoms with E-state index in [9.17, 15) is 13.2 Å². The second-order valence-electron chi connectivity index (χ2n) is 4.67. The molecule has 0 radical (unpaired) electrons. The monoisotopic (exact) mass is 260 g/mol. The van der Waals surface area contributed by atoms with Crippen LogP contribution in [0, 0.1) is 0 Å². The van der Waals surface area contributed by atoms with E-state index in [1.807, 2.05) is 6.92 Å². The van der Waals surface area contributed by atoms with Crippen molar-refractivity contribution >= 4 is 0 Å². The van der Waals surface area contributed by atoms with E-state index in [2.05, 4.69) is 10.3 Å². The highest BCUT2D eigenvalue weighted by atomic mass is 19.4. The first-order valence-electron chi connectivity index (χ1n) is 5.82. The highest BCUT2D eigenvalue weighted by Crippen LogP contribution is 2.37. The first-order chi connectivity index (χ1) is 8.41. The molecule has 18 heavy (non-hydrogen) atoms. The molecule has 0 saturated carbocycles. The van der Waals surface area contributed by atoms with Crippen LogP contribution in [0.5, 0.6) is 5.75 Å². The number of nitrogens with one attached hydrogen (secondary N) is 1. The Morgan fingerprint density at radius 1 is 1.33 bits per heavy atom. The van der Waals surface area contributed by atoms with E-state index >= 15 is 0 Å². The van der Waals surface area contributed by atoms with Crippen molar-refractivity contribution < 1.29 is 17.9 Å². The van der Waals surface area contributed by atoms with Crippen molar-refractivity contribution in [1.29, 1.82) is 0 Å². The van der Waals surface area contributed by atoms with Crippen LogP contribution < -0.4 is 10.1 Å². The molecule has 1 saturated heterocycles. The van der Waals surface area contributed by atoms with Crippen LogP contribution in [0.25, 0.3) is 0 Å². The van der Waals surface area contributed by atoms with Gasteiger partial charge in [-0.1, -0.05) is 0 Å². The first kappa shape index (κ1) is 13.1. The topological polar surface area (TPSA) is 34.1 Å². The van der Waals surface area contributed by atoms with Gasteiger partial charge in [-0.3, -0.25) is 4.98 Å². The number of alkyl halides is 3. The van der Waals surface area contributed by atoms with Crippen LogP contribution >= 0.6 is 0 Å². The zero-order chi connectivity index (χ0) is 13.2. The molecule has 2 heterocycles. The summed E-state index contributed by atoms with van der Waals surface area (Å²) in [7, 11) is 0. The van der Waals surface area contributed by atoms with Gasteiger partial charge in [0.05, 0.1) is 0 Å². The van der Waals surface area contributed by atoms with Crippen molar-refractivity contribution in [3.05, 3.63) is 24.0 Å². The third-order valence-electron chi connectivity index (χ3n) is 3.10. The molecule has 0 unspecified atom stereocenters. The standard InChI is InChI=1S/C12H15F3N2O/c1-11(3-6-16-7-4-11)18-10-2-5-17-8-9(10)12(13,14)15/h2,5,8,16H,3-4,6-7H2,1H3.